The second kappa shape index (κ2) is 7.05. The second-order valence-corrected chi connectivity index (χ2v) is 5.21. The molecule has 0 aliphatic heterocycles. The molecule has 16 heavy (non-hydrogen) atoms. The third kappa shape index (κ3) is 3.58. The smallest absolute Gasteiger partial charge is 0.149 e. The van der Waals surface area contributed by atoms with Crippen molar-refractivity contribution in [2.24, 2.45) is 23.5 Å². The van der Waals surface area contributed by atoms with E-state index in [0.29, 0.717) is 0 Å². The van der Waals surface area contributed by atoms with E-state index in [9.17, 15) is 4.79 Å². The summed E-state index contributed by atoms with van der Waals surface area (Å²) in [6.45, 7) is 4.82. The zero-order valence-electron chi connectivity index (χ0n) is 10.9. The summed E-state index contributed by atoms with van der Waals surface area (Å²) >= 11 is 0. The lowest BCUT2D eigenvalue weighted by atomic mass is 9.82. The van der Waals surface area contributed by atoms with Crippen LogP contribution >= 0.6 is 0 Å². The van der Waals surface area contributed by atoms with Gasteiger partial charge in [0.2, 0.25) is 0 Å². The second-order valence-electron chi connectivity index (χ2n) is 5.21. The van der Waals surface area contributed by atoms with E-state index in [1.165, 1.54) is 32.1 Å². The third-order valence-electron chi connectivity index (χ3n) is 4.39. The highest BCUT2D eigenvalue weighted by Crippen LogP contribution is 2.34. The Balaban J connectivity index is 2.48. The molecule has 1 aliphatic rings. The number of ketones is 1. The molecule has 0 radical (unpaired) electrons. The molecule has 1 saturated carbocycles. The molecule has 94 valence electrons. The minimum absolute atomic E-state index is 0.236. The van der Waals surface area contributed by atoms with Gasteiger partial charge in [-0.2, -0.15) is 0 Å². The maximum absolute atomic E-state index is 11.6. The summed E-state index contributed by atoms with van der Waals surface area (Å²) in [4.78, 5) is 11.6. The standard InChI is InChI=1S/C14H27NO/c1-3-11(4-2)12-6-5-7-13(9-8-12)14(16)10-15/h11-13H,3-10,15H2,1-2H3. The van der Waals surface area contributed by atoms with Crippen LogP contribution < -0.4 is 5.73 Å². The molecule has 0 amide bonds. The van der Waals surface area contributed by atoms with E-state index in [0.717, 1.165) is 24.7 Å². The summed E-state index contributed by atoms with van der Waals surface area (Å²) in [6, 6.07) is 0. The van der Waals surface area contributed by atoms with Crippen molar-refractivity contribution in [3.63, 3.8) is 0 Å². The summed E-state index contributed by atoms with van der Waals surface area (Å²) in [5.41, 5.74) is 5.45. The Bertz CT molecular complexity index is 211. The molecule has 0 aromatic rings. The SMILES string of the molecule is CCC(CC)C1CCCC(C(=O)CN)CC1. The number of rotatable bonds is 5. The summed E-state index contributed by atoms with van der Waals surface area (Å²) in [5, 5.41) is 0. The summed E-state index contributed by atoms with van der Waals surface area (Å²) in [7, 11) is 0. The monoisotopic (exact) mass is 225 g/mol. The average Bonchev–Trinajstić information content (AvgIpc) is 2.56. The highest BCUT2D eigenvalue weighted by atomic mass is 16.1. The van der Waals surface area contributed by atoms with Gasteiger partial charge in [-0.3, -0.25) is 4.79 Å². The van der Waals surface area contributed by atoms with Gasteiger partial charge < -0.3 is 5.73 Å². The van der Waals surface area contributed by atoms with Gasteiger partial charge in [-0.05, 0) is 31.1 Å². The Labute approximate surface area is 100.0 Å². The van der Waals surface area contributed by atoms with Gasteiger partial charge in [-0.15, -0.1) is 0 Å². The van der Waals surface area contributed by atoms with Crippen LogP contribution in [0.2, 0.25) is 0 Å². The Morgan fingerprint density at radius 3 is 2.44 bits per heavy atom. The first-order valence-corrected chi connectivity index (χ1v) is 6.95. The van der Waals surface area contributed by atoms with E-state index < -0.39 is 0 Å². The lowest BCUT2D eigenvalue weighted by Gasteiger charge is -2.23. The van der Waals surface area contributed by atoms with Crippen molar-refractivity contribution in [3.05, 3.63) is 0 Å². The summed E-state index contributed by atoms with van der Waals surface area (Å²) < 4.78 is 0. The molecule has 2 heteroatoms. The molecule has 0 aromatic heterocycles. The summed E-state index contributed by atoms with van der Waals surface area (Å²) in [5.74, 6) is 2.27. The van der Waals surface area contributed by atoms with Gasteiger partial charge >= 0.3 is 0 Å². The van der Waals surface area contributed by atoms with Crippen LogP contribution in [0.15, 0.2) is 0 Å². The predicted molar refractivity (Wildman–Crippen MR) is 68.2 cm³/mol. The van der Waals surface area contributed by atoms with Crippen molar-refractivity contribution in [2.45, 2.75) is 58.8 Å². The van der Waals surface area contributed by atoms with E-state index in [1.807, 2.05) is 0 Å². The van der Waals surface area contributed by atoms with Crippen LogP contribution in [0.5, 0.6) is 0 Å². The summed E-state index contributed by atoms with van der Waals surface area (Å²) in [6.07, 6.45) is 8.51. The molecule has 0 saturated heterocycles. The van der Waals surface area contributed by atoms with E-state index in [2.05, 4.69) is 13.8 Å². The van der Waals surface area contributed by atoms with Crippen LogP contribution in [0.3, 0.4) is 0 Å². The van der Waals surface area contributed by atoms with Crippen LogP contribution in [0.4, 0.5) is 0 Å². The van der Waals surface area contributed by atoms with Gasteiger partial charge in [-0.25, -0.2) is 0 Å². The molecular formula is C14H27NO. The number of hydrogen-bond acceptors (Lipinski definition) is 2. The molecule has 2 atom stereocenters. The first-order chi connectivity index (χ1) is 7.72. The van der Waals surface area contributed by atoms with Crippen molar-refractivity contribution in [1.29, 1.82) is 0 Å². The van der Waals surface area contributed by atoms with Crippen LogP contribution in [-0.2, 0) is 4.79 Å². The largest absolute Gasteiger partial charge is 0.324 e. The molecule has 0 aromatic carbocycles. The maximum Gasteiger partial charge on any atom is 0.149 e. The molecule has 1 fully saturated rings. The highest BCUT2D eigenvalue weighted by molar-refractivity contribution is 5.82. The maximum atomic E-state index is 11.6. The molecule has 0 bridgehead atoms. The van der Waals surface area contributed by atoms with Gasteiger partial charge in [0.05, 0.1) is 6.54 Å². The number of carbonyl (C=O) groups excluding carboxylic acids is 1. The molecule has 2 nitrogen and oxygen atoms in total. The van der Waals surface area contributed by atoms with Gasteiger partial charge in [0.15, 0.2) is 0 Å². The van der Waals surface area contributed by atoms with Crippen LogP contribution in [0.1, 0.15) is 58.8 Å². The Morgan fingerprint density at radius 1 is 1.19 bits per heavy atom. The van der Waals surface area contributed by atoms with Gasteiger partial charge in [-0.1, -0.05) is 39.5 Å². The van der Waals surface area contributed by atoms with Crippen molar-refractivity contribution in [3.8, 4) is 0 Å². The highest BCUT2D eigenvalue weighted by Gasteiger charge is 2.26. The van der Waals surface area contributed by atoms with Crippen molar-refractivity contribution in [1.82, 2.24) is 0 Å². The lowest BCUT2D eigenvalue weighted by Crippen LogP contribution is -2.23. The van der Waals surface area contributed by atoms with Crippen LogP contribution in [0.25, 0.3) is 0 Å². The molecular weight excluding hydrogens is 198 g/mol. The van der Waals surface area contributed by atoms with Crippen molar-refractivity contribution >= 4 is 5.78 Å². The first kappa shape index (κ1) is 13.7. The quantitative estimate of drug-likeness (QED) is 0.730. The number of Topliss-reactive ketones (excluding diaryl/α,β-unsaturated/α-hetero) is 1. The fourth-order valence-corrected chi connectivity index (χ4v) is 3.25. The zero-order valence-corrected chi connectivity index (χ0v) is 10.9. The third-order valence-corrected chi connectivity index (χ3v) is 4.39. The zero-order chi connectivity index (χ0) is 12.0. The molecule has 2 unspecified atom stereocenters. The number of carbonyl (C=O) groups is 1. The normalized spacial score (nSPS) is 26.8. The molecule has 0 spiro atoms. The predicted octanol–water partition coefficient (Wildman–Crippen LogP) is 3.15. The van der Waals surface area contributed by atoms with Crippen LogP contribution in [-0.4, -0.2) is 12.3 Å². The van der Waals surface area contributed by atoms with Crippen molar-refractivity contribution < 1.29 is 4.79 Å². The van der Waals surface area contributed by atoms with Crippen molar-refractivity contribution in [2.75, 3.05) is 6.54 Å². The molecule has 1 aliphatic carbocycles. The Kier molecular flexibility index (Phi) is 6.04. The fraction of sp³-hybridized carbons (Fsp3) is 0.929. The fourth-order valence-electron chi connectivity index (χ4n) is 3.25. The molecule has 2 N–H and O–H groups in total. The van der Waals surface area contributed by atoms with E-state index in [1.54, 1.807) is 0 Å². The van der Waals surface area contributed by atoms with E-state index >= 15 is 0 Å². The minimum atomic E-state index is 0.236. The Hall–Kier alpha value is -0.370. The first-order valence-electron chi connectivity index (χ1n) is 6.95. The minimum Gasteiger partial charge on any atom is -0.324 e. The van der Waals surface area contributed by atoms with Gasteiger partial charge in [0.25, 0.3) is 0 Å². The van der Waals surface area contributed by atoms with Crippen LogP contribution in [0, 0.1) is 17.8 Å². The topological polar surface area (TPSA) is 43.1 Å². The molecule has 0 heterocycles. The number of nitrogens with two attached hydrogens (primary N) is 1. The van der Waals surface area contributed by atoms with E-state index in [-0.39, 0.29) is 18.2 Å². The number of hydrogen-bond donors (Lipinski definition) is 1. The molecule has 1 rings (SSSR count). The lowest BCUT2D eigenvalue weighted by molar-refractivity contribution is -0.121. The van der Waals surface area contributed by atoms with Gasteiger partial charge in [0.1, 0.15) is 5.78 Å². The van der Waals surface area contributed by atoms with Gasteiger partial charge in [0, 0.05) is 5.92 Å². The average molecular weight is 225 g/mol. The Morgan fingerprint density at radius 2 is 1.88 bits per heavy atom. The van der Waals surface area contributed by atoms with E-state index in [4.69, 9.17) is 5.73 Å².